The zero-order valence-electron chi connectivity index (χ0n) is 10.0. The van der Waals surface area contributed by atoms with Crippen LogP contribution in [-0.4, -0.2) is 62.2 Å². The Kier molecular flexibility index (Phi) is 4.42. The summed E-state index contributed by atoms with van der Waals surface area (Å²) in [5, 5.41) is 3.40. The van der Waals surface area contributed by atoms with Crippen LogP contribution in [-0.2, 0) is 0 Å². The molecule has 3 nitrogen and oxygen atoms in total. The van der Waals surface area contributed by atoms with Crippen molar-refractivity contribution in [2.45, 2.75) is 19.8 Å². The smallest absolute Gasteiger partial charge is 0.0110 e. The maximum atomic E-state index is 3.40. The van der Waals surface area contributed by atoms with Gasteiger partial charge in [0.05, 0.1) is 0 Å². The van der Waals surface area contributed by atoms with Crippen LogP contribution >= 0.6 is 0 Å². The highest BCUT2D eigenvalue weighted by atomic mass is 15.2. The van der Waals surface area contributed by atoms with Crippen LogP contribution in [0.5, 0.6) is 0 Å². The van der Waals surface area contributed by atoms with Crippen LogP contribution in [0.4, 0.5) is 0 Å². The number of nitrogens with zero attached hydrogens (tertiary/aromatic N) is 2. The SMILES string of the molecule is CC1CCCN(CCN2CCNCC2)C1. The van der Waals surface area contributed by atoms with Crippen molar-refractivity contribution in [3.05, 3.63) is 0 Å². The van der Waals surface area contributed by atoms with E-state index in [1.807, 2.05) is 0 Å². The predicted octanol–water partition coefficient (Wildman–Crippen LogP) is 0.624. The molecule has 0 amide bonds. The fourth-order valence-electron chi connectivity index (χ4n) is 2.71. The molecule has 0 bridgehead atoms. The van der Waals surface area contributed by atoms with E-state index >= 15 is 0 Å². The Morgan fingerprint density at radius 2 is 1.80 bits per heavy atom. The Hall–Kier alpha value is -0.120. The van der Waals surface area contributed by atoms with Crippen molar-refractivity contribution in [2.24, 2.45) is 5.92 Å². The minimum atomic E-state index is 0.918. The monoisotopic (exact) mass is 211 g/mol. The molecule has 15 heavy (non-hydrogen) atoms. The highest BCUT2D eigenvalue weighted by molar-refractivity contribution is 4.73. The van der Waals surface area contributed by atoms with Gasteiger partial charge in [0.2, 0.25) is 0 Å². The van der Waals surface area contributed by atoms with Gasteiger partial charge in [-0.25, -0.2) is 0 Å². The maximum absolute atomic E-state index is 3.40. The van der Waals surface area contributed by atoms with Crippen LogP contribution in [0.25, 0.3) is 0 Å². The Balaban J connectivity index is 1.63. The third-order valence-electron chi connectivity index (χ3n) is 3.68. The number of likely N-dealkylation sites (tertiary alicyclic amines) is 1. The highest BCUT2D eigenvalue weighted by Crippen LogP contribution is 2.14. The first-order chi connectivity index (χ1) is 7.34. The van der Waals surface area contributed by atoms with Gasteiger partial charge in [-0.05, 0) is 25.3 Å². The molecule has 88 valence electrons. The number of piperazine rings is 1. The summed E-state index contributed by atoms with van der Waals surface area (Å²) in [7, 11) is 0. The van der Waals surface area contributed by atoms with Gasteiger partial charge in [-0.1, -0.05) is 6.92 Å². The molecule has 1 atom stereocenters. The van der Waals surface area contributed by atoms with Gasteiger partial charge in [-0.15, -0.1) is 0 Å². The average Bonchev–Trinajstić information content (AvgIpc) is 2.28. The van der Waals surface area contributed by atoms with Crippen LogP contribution in [0.1, 0.15) is 19.8 Å². The Morgan fingerprint density at radius 1 is 1.07 bits per heavy atom. The van der Waals surface area contributed by atoms with E-state index in [0.29, 0.717) is 0 Å². The Bertz CT molecular complexity index is 178. The third kappa shape index (κ3) is 3.74. The summed E-state index contributed by atoms with van der Waals surface area (Å²) in [4.78, 5) is 5.24. The van der Waals surface area contributed by atoms with E-state index in [4.69, 9.17) is 0 Å². The van der Waals surface area contributed by atoms with Crippen molar-refractivity contribution in [3.8, 4) is 0 Å². The molecule has 2 fully saturated rings. The summed E-state index contributed by atoms with van der Waals surface area (Å²) in [5.41, 5.74) is 0. The molecular weight excluding hydrogens is 186 g/mol. The number of nitrogens with one attached hydrogen (secondary N) is 1. The number of piperidine rings is 1. The van der Waals surface area contributed by atoms with Crippen molar-refractivity contribution in [2.75, 3.05) is 52.4 Å². The molecule has 2 rings (SSSR count). The zero-order chi connectivity index (χ0) is 10.5. The number of hydrogen-bond acceptors (Lipinski definition) is 3. The molecule has 0 aromatic heterocycles. The second kappa shape index (κ2) is 5.83. The van der Waals surface area contributed by atoms with E-state index in [1.54, 1.807) is 0 Å². The fraction of sp³-hybridized carbons (Fsp3) is 1.00. The van der Waals surface area contributed by atoms with Crippen molar-refractivity contribution in [3.63, 3.8) is 0 Å². The van der Waals surface area contributed by atoms with Crippen LogP contribution in [0.3, 0.4) is 0 Å². The molecule has 2 aliphatic heterocycles. The standard InChI is InChI=1S/C12H25N3/c1-12-3-2-6-15(11-12)10-9-14-7-4-13-5-8-14/h12-13H,2-11H2,1H3. The van der Waals surface area contributed by atoms with Crippen LogP contribution in [0, 0.1) is 5.92 Å². The molecule has 1 N–H and O–H groups in total. The fourth-order valence-corrected chi connectivity index (χ4v) is 2.71. The van der Waals surface area contributed by atoms with E-state index in [1.165, 1.54) is 65.2 Å². The minimum Gasteiger partial charge on any atom is -0.314 e. The first kappa shape index (κ1) is 11.4. The second-order valence-electron chi connectivity index (χ2n) is 5.14. The molecule has 0 aromatic carbocycles. The molecule has 0 saturated carbocycles. The second-order valence-corrected chi connectivity index (χ2v) is 5.14. The average molecular weight is 211 g/mol. The van der Waals surface area contributed by atoms with Gasteiger partial charge in [-0.2, -0.15) is 0 Å². The molecular formula is C12H25N3. The summed E-state index contributed by atoms with van der Waals surface area (Å²) in [5.74, 6) is 0.918. The lowest BCUT2D eigenvalue weighted by Crippen LogP contribution is -2.47. The molecule has 0 aromatic rings. The van der Waals surface area contributed by atoms with Crippen LogP contribution in [0.15, 0.2) is 0 Å². The van der Waals surface area contributed by atoms with Crippen molar-refractivity contribution >= 4 is 0 Å². The van der Waals surface area contributed by atoms with Gasteiger partial charge in [0.15, 0.2) is 0 Å². The molecule has 0 aliphatic carbocycles. The first-order valence-electron chi connectivity index (χ1n) is 6.50. The van der Waals surface area contributed by atoms with Crippen molar-refractivity contribution in [1.29, 1.82) is 0 Å². The third-order valence-corrected chi connectivity index (χ3v) is 3.68. The summed E-state index contributed by atoms with van der Waals surface area (Å²) < 4.78 is 0. The van der Waals surface area contributed by atoms with Crippen LogP contribution in [0.2, 0.25) is 0 Å². The molecule has 0 spiro atoms. The summed E-state index contributed by atoms with van der Waals surface area (Å²) in [6.07, 6.45) is 2.84. The van der Waals surface area contributed by atoms with Gasteiger partial charge in [0, 0.05) is 45.8 Å². The molecule has 2 saturated heterocycles. The number of rotatable bonds is 3. The van der Waals surface area contributed by atoms with Crippen molar-refractivity contribution < 1.29 is 0 Å². The zero-order valence-corrected chi connectivity index (χ0v) is 10.0. The number of hydrogen-bond donors (Lipinski definition) is 1. The van der Waals surface area contributed by atoms with Gasteiger partial charge < -0.3 is 10.2 Å². The summed E-state index contributed by atoms with van der Waals surface area (Å²) in [6.45, 7) is 12.4. The maximum Gasteiger partial charge on any atom is 0.0110 e. The lowest BCUT2D eigenvalue weighted by molar-refractivity contribution is 0.148. The predicted molar refractivity (Wildman–Crippen MR) is 64.1 cm³/mol. The van der Waals surface area contributed by atoms with E-state index < -0.39 is 0 Å². The van der Waals surface area contributed by atoms with Gasteiger partial charge in [0.25, 0.3) is 0 Å². The van der Waals surface area contributed by atoms with Crippen LogP contribution < -0.4 is 5.32 Å². The Morgan fingerprint density at radius 3 is 2.53 bits per heavy atom. The van der Waals surface area contributed by atoms with E-state index in [-0.39, 0.29) is 0 Å². The molecule has 2 heterocycles. The van der Waals surface area contributed by atoms with Gasteiger partial charge in [-0.3, -0.25) is 4.90 Å². The molecule has 1 unspecified atom stereocenters. The first-order valence-corrected chi connectivity index (χ1v) is 6.50. The summed E-state index contributed by atoms with van der Waals surface area (Å²) in [6, 6.07) is 0. The normalized spacial score (nSPS) is 30.6. The molecule has 3 heteroatoms. The minimum absolute atomic E-state index is 0.918. The largest absolute Gasteiger partial charge is 0.314 e. The topological polar surface area (TPSA) is 18.5 Å². The molecule has 0 radical (unpaired) electrons. The van der Waals surface area contributed by atoms with E-state index in [9.17, 15) is 0 Å². The highest BCUT2D eigenvalue weighted by Gasteiger charge is 2.17. The van der Waals surface area contributed by atoms with Crippen molar-refractivity contribution in [1.82, 2.24) is 15.1 Å². The van der Waals surface area contributed by atoms with Gasteiger partial charge >= 0.3 is 0 Å². The Labute approximate surface area is 93.8 Å². The quantitative estimate of drug-likeness (QED) is 0.738. The lowest BCUT2D eigenvalue weighted by Gasteiger charge is -2.34. The van der Waals surface area contributed by atoms with E-state index in [2.05, 4.69) is 22.0 Å². The summed E-state index contributed by atoms with van der Waals surface area (Å²) >= 11 is 0. The van der Waals surface area contributed by atoms with E-state index in [0.717, 1.165) is 5.92 Å². The lowest BCUT2D eigenvalue weighted by atomic mass is 10.0. The molecule has 2 aliphatic rings. The van der Waals surface area contributed by atoms with Gasteiger partial charge in [0.1, 0.15) is 0 Å².